The van der Waals surface area contributed by atoms with Crippen LogP contribution in [0.3, 0.4) is 0 Å². The highest BCUT2D eigenvalue weighted by Crippen LogP contribution is 2.37. The number of carbonyl (C=O) groups is 2. The maximum absolute atomic E-state index is 12.3. The van der Waals surface area contributed by atoms with E-state index in [0.29, 0.717) is 18.3 Å². The van der Waals surface area contributed by atoms with Crippen molar-refractivity contribution < 1.29 is 14.3 Å². The zero-order valence-corrected chi connectivity index (χ0v) is 16.4. The van der Waals surface area contributed by atoms with Crippen molar-refractivity contribution in [3.05, 3.63) is 64.7 Å². The number of rotatable bonds is 5. The molecule has 28 heavy (non-hydrogen) atoms. The predicted octanol–water partition coefficient (Wildman–Crippen LogP) is 3.15. The van der Waals surface area contributed by atoms with E-state index in [0.717, 1.165) is 30.4 Å². The third kappa shape index (κ3) is 4.03. The van der Waals surface area contributed by atoms with E-state index in [4.69, 9.17) is 4.74 Å². The van der Waals surface area contributed by atoms with Gasteiger partial charge in [0.1, 0.15) is 5.75 Å². The minimum atomic E-state index is -0.134. The minimum absolute atomic E-state index is 0.0148. The van der Waals surface area contributed by atoms with Gasteiger partial charge in [0.05, 0.1) is 6.04 Å². The van der Waals surface area contributed by atoms with Crippen LogP contribution in [0.1, 0.15) is 48.1 Å². The summed E-state index contributed by atoms with van der Waals surface area (Å²) in [7, 11) is 0. The Kier molecular flexibility index (Phi) is 5.07. The van der Waals surface area contributed by atoms with Gasteiger partial charge in [0.2, 0.25) is 5.91 Å². The molecule has 1 unspecified atom stereocenters. The SMILES string of the molecule is CC(=O)N1CCc2ccc(OCC(=O)NC3CC3)cc2C1c1ccc(C)cc1. The van der Waals surface area contributed by atoms with E-state index in [1.165, 1.54) is 11.1 Å². The molecule has 0 bridgehead atoms. The molecule has 1 aliphatic heterocycles. The number of aryl methyl sites for hydroxylation is 1. The zero-order valence-electron chi connectivity index (χ0n) is 16.4. The Morgan fingerprint density at radius 3 is 2.57 bits per heavy atom. The molecule has 2 aliphatic rings. The van der Waals surface area contributed by atoms with Crippen molar-refractivity contribution in [2.24, 2.45) is 0 Å². The topological polar surface area (TPSA) is 58.6 Å². The number of benzene rings is 2. The number of fused-ring (bicyclic) bond motifs is 1. The fourth-order valence-electron chi connectivity index (χ4n) is 3.78. The molecular weight excluding hydrogens is 352 g/mol. The summed E-state index contributed by atoms with van der Waals surface area (Å²) in [4.78, 5) is 26.1. The second-order valence-corrected chi connectivity index (χ2v) is 7.77. The minimum Gasteiger partial charge on any atom is -0.484 e. The van der Waals surface area contributed by atoms with Crippen LogP contribution in [0.2, 0.25) is 0 Å². The fourth-order valence-corrected chi connectivity index (χ4v) is 3.78. The van der Waals surface area contributed by atoms with Gasteiger partial charge in [-0.2, -0.15) is 0 Å². The highest BCUT2D eigenvalue weighted by Gasteiger charge is 2.31. The largest absolute Gasteiger partial charge is 0.484 e. The third-order valence-electron chi connectivity index (χ3n) is 5.46. The van der Waals surface area contributed by atoms with Crippen LogP contribution in [0, 0.1) is 6.92 Å². The maximum Gasteiger partial charge on any atom is 0.258 e. The molecule has 1 heterocycles. The molecule has 0 saturated heterocycles. The average Bonchev–Trinajstić information content (AvgIpc) is 3.50. The third-order valence-corrected chi connectivity index (χ3v) is 5.46. The molecule has 1 aliphatic carbocycles. The van der Waals surface area contributed by atoms with E-state index in [1.54, 1.807) is 6.92 Å². The van der Waals surface area contributed by atoms with Gasteiger partial charge in [-0.1, -0.05) is 35.9 Å². The van der Waals surface area contributed by atoms with Crippen molar-refractivity contribution in [1.82, 2.24) is 10.2 Å². The molecule has 2 aromatic rings. The van der Waals surface area contributed by atoms with Crippen molar-refractivity contribution in [3.63, 3.8) is 0 Å². The van der Waals surface area contributed by atoms with Crippen LogP contribution >= 0.6 is 0 Å². The number of nitrogens with zero attached hydrogens (tertiary/aromatic N) is 1. The van der Waals surface area contributed by atoms with Crippen LogP contribution in [0.15, 0.2) is 42.5 Å². The molecule has 1 atom stereocenters. The lowest BCUT2D eigenvalue weighted by Gasteiger charge is -2.37. The number of amides is 2. The van der Waals surface area contributed by atoms with Gasteiger partial charge in [-0.05, 0) is 55.0 Å². The first kappa shape index (κ1) is 18.5. The molecule has 1 saturated carbocycles. The molecule has 2 aromatic carbocycles. The van der Waals surface area contributed by atoms with Crippen LogP contribution in [-0.2, 0) is 16.0 Å². The van der Waals surface area contributed by atoms with Crippen molar-refractivity contribution in [2.75, 3.05) is 13.2 Å². The quantitative estimate of drug-likeness (QED) is 0.870. The van der Waals surface area contributed by atoms with Gasteiger partial charge in [-0.15, -0.1) is 0 Å². The molecule has 1 fully saturated rings. The average molecular weight is 378 g/mol. The van der Waals surface area contributed by atoms with Gasteiger partial charge in [-0.25, -0.2) is 0 Å². The monoisotopic (exact) mass is 378 g/mol. The van der Waals surface area contributed by atoms with E-state index in [2.05, 4.69) is 42.6 Å². The standard InChI is InChI=1S/C23H26N2O3/c1-15-3-5-18(6-4-15)23-21-13-20(28-14-22(27)24-19-8-9-19)10-7-17(21)11-12-25(23)16(2)26/h3-7,10,13,19,23H,8-9,11-12,14H2,1-2H3,(H,24,27). The summed E-state index contributed by atoms with van der Waals surface area (Å²) in [5, 5.41) is 2.93. The molecule has 5 heteroatoms. The summed E-state index contributed by atoms with van der Waals surface area (Å²) in [5.41, 5.74) is 4.57. The second kappa shape index (κ2) is 7.66. The summed E-state index contributed by atoms with van der Waals surface area (Å²) < 4.78 is 5.75. The lowest BCUT2D eigenvalue weighted by atomic mass is 9.87. The molecule has 0 spiro atoms. The van der Waals surface area contributed by atoms with Crippen LogP contribution in [0.4, 0.5) is 0 Å². The normalized spacial score (nSPS) is 18.4. The Labute approximate surface area is 165 Å². The summed E-state index contributed by atoms with van der Waals surface area (Å²) in [6.07, 6.45) is 2.94. The van der Waals surface area contributed by atoms with Gasteiger partial charge in [-0.3, -0.25) is 9.59 Å². The van der Waals surface area contributed by atoms with E-state index in [1.807, 2.05) is 17.0 Å². The lowest BCUT2D eigenvalue weighted by molar-refractivity contribution is -0.130. The summed E-state index contributed by atoms with van der Waals surface area (Å²) in [5.74, 6) is 0.638. The number of nitrogens with one attached hydrogen (secondary N) is 1. The Bertz CT molecular complexity index is 887. The van der Waals surface area contributed by atoms with E-state index in [9.17, 15) is 9.59 Å². The lowest BCUT2D eigenvalue weighted by Crippen LogP contribution is -2.39. The molecule has 4 rings (SSSR count). The van der Waals surface area contributed by atoms with Crippen molar-refractivity contribution in [3.8, 4) is 5.75 Å². The first-order chi connectivity index (χ1) is 13.5. The number of hydrogen-bond donors (Lipinski definition) is 1. The van der Waals surface area contributed by atoms with Crippen molar-refractivity contribution in [2.45, 2.75) is 45.2 Å². The molecule has 1 N–H and O–H groups in total. The summed E-state index contributed by atoms with van der Waals surface area (Å²) >= 11 is 0. The van der Waals surface area contributed by atoms with Crippen LogP contribution in [0.25, 0.3) is 0 Å². The number of hydrogen-bond acceptors (Lipinski definition) is 3. The molecule has 5 nitrogen and oxygen atoms in total. The van der Waals surface area contributed by atoms with Crippen LogP contribution in [-0.4, -0.2) is 35.9 Å². The van der Waals surface area contributed by atoms with Gasteiger partial charge >= 0.3 is 0 Å². The van der Waals surface area contributed by atoms with Gasteiger partial charge in [0.15, 0.2) is 6.61 Å². The fraction of sp³-hybridized carbons (Fsp3) is 0.391. The molecule has 0 aromatic heterocycles. The van der Waals surface area contributed by atoms with Gasteiger partial charge in [0.25, 0.3) is 5.91 Å². The van der Waals surface area contributed by atoms with Crippen LogP contribution < -0.4 is 10.1 Å². The predicted molar refractivity (Wildman–Crippen MR) is 107 cm³/mol. The maximum atomic E-state index is 12.3. The Morgan fingerprint density at radius 2 is 1.89 bits per heavy atom. The first-order valence-electron chi connectivity index (χ1n) is 9.90. The zero-order chi connectivity index (χ0) is 19.7. The Balaban J connectivity index is 1.60. The smallest absolute Gasteiger partial charge is 0.258 e. The highest BCUT2D eigenvalue weighted by molar-refractivity contribution is 5.78. The van der Waals surface area contributed by atoms with E-state index >= 15 is 0 Å². The van der Waals surface area contributed by atoms with Gasteiger partial charge < -0.3 is 15.0 Å². The number of carbonyl (C=O) groups excluding carboxylic acids is 2. The van der Waals surface area contributed by atoms with Crippen molar-refractivity contribution in [1.29, 1.82) is 0 Å². The van der Waals surface area contributed by atoms with Gasteiger partial charge in [0, 0.05) is 19.5 Å². The number of ether oxygens (including phenoxy) is 1. The second-order valence-electron chi connectivity index (χ2n) is 7.77. The van der Waals surface area contributed by atoms with Crippen molar-refractivity contribution >= 4 is 11.8 Å². The molecule has 0 radical (unpaired) electrons. The molecular formula is C23H26N2O3. The Hall–Kier alpha value is -2.82. The summed E-state index contributed by atoms with van der Waals surface area (Å²) in [6, 6.07) is 14.5. The summed E-state index contributed by atoms with van der Waals surface area (Å²) in [6.45, 7) is 4.39. The molecule has 2 amide bonds. The Morgan fingerprint density at radius 1 is 1.14 bits per heavy atom. The first-order valence-corrected chi connectivity index (χ1v) is 9.90. The van der Waals surface area contributed by atoms with E-state index < -0.39 is 0 Å². The molecule has 146 valence electrons. The van der Waals surface area contributed by atoms with Crippen LogP contribution in [0.5, 0.6) is 5.75 Å². The van der Waals surface area contributed by atoms with E-state index in [-0.39, 0.29) is 24.5 Å². The highest BCUT2D eigenvalue weighted by atomic mass is 16.5.